The van der Waals surface area contributed by atoms with Gasteiger partial charge in [0.2, 0.25) is 0 Å². The zero-order valence-electron chi connectivity index (χ0n) is 18.0. The zero-order valence-corrected chi connectivity index (χ0v) is 18.0. The number of methoxy groups -OCH3 is 4. The lowest BCUT2D eigenvalue weighted by atomic mass is 10.0. The Morgan fingerprint density at radius 2 is 1.71 bits per heavy atom. The lowest BCUT2D eigenvalue weighted by molar-refractivity contribution is -0.135. The van der Waals surface area contributed by atoms with E-state index in [4.69, 9.17) is 23.7 Å². The number of hydrogen-bond acceptors (Lipinski definition) is 11. The third kappa shape index (κ3) is 4.82. The number of carbonyl (C=O) groups excluding carboxylic acids is 3. The van der Waals surface area contributed by atoms with E-state index in [1.54, 1.807) is 6.92 Å². The number of nitrogens with one attached hydrogen (secondary N) is 1. The average molecular weight is 433 g/mol. The van der Waals surface area contributed by atoms with Gasteiger partial charge in [-0.3, -0.25) is 5.43 Å². The number of fused-ring (bicyclic) bond motifs is 1. The van der Waals surface area contributed by atoms with Crippen LogP contribution in [0.2, 0.25) is 0 Å². The monoisotopic (exact) mass is 433 g/mol. The molecule has 0 radical (unpaired) electrons. The highest BCUT2D eigenvalue weighted by Crippen LogP contribution is 2.41. The molecule has 0 aliphatic heterocycles. The van der Waals surface area contributed by atoms with Crippen molar-refractivity contribution in [2.45, 2.75) is 13.8 Å². The Morgan fingerprint density at radius 1 is 1.03 bits per heavy atom. The first kappa shape index (κ1) is 23.4. The van der Waals surface area contributed by atoms with E-state index in [1.807, 2.05) is 0 Å². The van der Waals surface area contributed by atoms with E-state index in [-0.39, 0.29) is 51.7 Å². The molecule has 0 saturated heterocycles. The number of rotatable bonds is 8. The van der Waals surface area contributed by atoms with E-state index >= 15 is 0 Å². The summed E-state index contributed by atoms with van der Waals surface area (Å²) < 4.78 is 25.3. The van der Waals surface area contributed by atoms with Crippen LogP contribution >= 0.6 is 0 Å². The summed E-state index contributed by atoms with van der Waals surface area (Å²) in [6.07, 6.45) is 0. The van der Waals surface area contributed by atoms with E-state index in [1.165, 1.54) is 47.5 Å². The van der Waals surface area contributed by atoms with Crippen LogP contribution in [0.4, 0.5) is 5.69 Å². The van der Waals surface area contributed by atoms with Gasteiger partial charge in [0.25, 0.3) is 0 Å². The predicted molar refractivity (Wildman–Crippen MR) is 111 cm³/mol. The summed E-state index contributed by atoms with van der Waals surface area (Å²) in [6.45, 7) is 3.33. The minimum Gasteiger partial charge on any atom is -0.493 e. The first-order valence-corrected chi connectivity index (χ1v) is 9.06. The average Bonchev–Trinajstić information content (AvgIpc) is 2.79. The summed E-state index contributed by atoms with van der Waals surface area (Å²) in [7, 11) is 5.18. The molecule has 0 aliphatic rings. The number of pyridine rings is 1. The molecule has 2 aromatic rings. The summed E-state index contributed by atoms with van der Waals surface area (Å²) >= 11 is 0. The first-order chi connectivity index (χ1) is 14.8. The number of aromatic nitrogens is 1. The van der Waals surface area contributed by atoms with E-state index in [9.17, 15) is 14.4 Å². The molecule has 1 aromatic heterocycles. The maximum atomic E-state index is 12.5. The molecule has 0 atom stereocenters. The maximum Gasteiger partial charge on any atom is 0.356 e. The van der Waals surface area contributed by atoms with Crippen molar-refractivity contribution in [3.63, 3.8) is 0 Å². The zero-order chi connectivity index (χ0) is 23.1. The normalized spacial score (nSPS) is 11.0. The topological polar surface area (TPSA) is 135 Å². The second-order valence-electron chi connectivity index (χ2n) is 5.95. The molecule has 2 rings (SSSR count). The Balaban J connectivity index is 2.85. The van der Waals surface area contributed by atoms with Crippen LogP contribution in [-0.2, 0) is 19.0 Å². The molecule has 1 N–H and O–H groups in total. The van der Waals surface area contributed by atoms with Gasteiger partial charge < -0.3 is 23.7 Å². The second kappa shape index (κ2) is 10.2. The largest absolute Gasteiger partial charge is 0.493 e. The number of benzene rings is 1. The van der Waals surface area contributed by atoms with Crippen LogP contribution in [0, 0.1) is 0 Å². The van der Waals surface area contributed by atoms with Gasteiger partial charge in [-0.05, 0) is 19.9 Å². The highest BCUT2D eigenvalue weighted by Gasteiger charge is 2.25. The molecule has 0 amide bonds. The van der Waals surface area contributed by atoms with Gasteiger partial charge in [-0.25, -0.2) is 19.4 Å². The fourth-order valence-electron chi connectivity index (χ4n) is 2.71. The molecule has 31 heavy (non-hydrogen) atoms. The smallest absolute Gasteiger partial charge is 0.356 e. The Morgan fingerprint density at radius 3 is 2.26 bits per heavy atom. The third-order valence-electron chi connectivity index (χ3n) is 4.14. The lowest BCUT2D eigenvalue weighted by Gasteiger charge is -2.17. The van der Waals surface area contributed by atoms with Gasteiger partial charge in [-0.1, -0.05) is 0 Å². The van der Waals surface area contributed by atoms with Crippen molar-refractivity contribution in [2.75, 3.05) is 40.5 Å². The van der Waals surface area contributed by atoms with E-state index in [0.29, 0.717) is 0 Å². The Kier molecular flexibility index (Phi) is 7.72. The fraction of sp³-hybridized carbons (Fsp3) is 0.350. The van der Waals surface area contributed by atoms with Gasteiger partial charge in [0, 0.05) is 11.5 Å². The number of nitrogens with zero attached hydrogens (tertiary/aromatic N) is 2. The van der Waals surface area contributed by atoms with Crippen molar-refractivity contribution in [1.82, 2.24) is 4.98 Å². The van der Waals surface area contributed by atoms with Gasteiger partial charge in [0.05, 0.1) is 46.3 Å². The quantitative estimate of drug-likeness (QED) is 0.286. The number of hydrogen-bond donors (Lipinski definition) is 1. The molecule has 1 aromatic carbocycles. The molecule has 0 spiro atoms. The highest BCUT2D eigenvalue weighted by molar-refractivity contribution is 6.35. The van der Waals surface area contributed by atoms with Crippen LogP contribution in [0.5, 0.6) is 11.5 Å². The summed E-state index contributed by atoms with van der Waals surface area (Å²) in [4.78, 5) is 40.8. The number of ether oxygens (including phenoxy) is 5. The van der Waals surface area contributed by atoms with Gasteiger partial charge in [0.15, 0.2) is 11.5 Å². The molecule has 0 saturated carbocycles. The van der Waals surface area contributed by atoms with Crippen molar-refractivity contribution >= 4 is 40.2 Å². The minimum absolute atomic E-state index is 0.000316. The van der Waals surface area contributed by atoms with E-state index < -0.39 is 17.9 Å². The third-order valence-corrected chi connectivity index (χ3v) is 4.14. The van der Waals surface area contributed by atoms with Crippen molar-refractivity contribution < 1.29 is 38.1 Å². The van der Waals surface area contributed by atoms with Gasteiger partial charge in [-0.15, -0.1) is 0 Å². The van der Waals surface area contributed by atoms with Gasteiger partial charge in [-0.2, -0.15) is 5.10 Å². The Bertz CT molecular complexity index is 1050. The van der Waals surface area contributed by atoms with E-state index in [2.05, 4.69) is 15.5 Å². The molecule has 0 aliphatic carbocycles. The molecule has 0 unspecified atom stereocenters. The molecular formula is C20H23N3O8. The van der Waals surface area contributed by atoms with Gasteiger partial charge >= 0.3 is 17.9 Å². The van der Waals surface area contributed by atoms with Crippen LogP contribution in [0.25, 0.3) is 10.9 Å². The van der Waals surface area contributed by atoms with E-state index in [0.717, 1.165) is 0 Å². The van der Waals surface area contributed by atoms with Crippen molar-refractivity contribution in [3.8, 4) is 11.5 Å². The van der Waals surface area contributed by atoms with Crippen LogP contribution < -0.4 is 14.9 Å². The summed E-state index contributed by atoms with van der Waals surface area (Å²) in [5.74, 6) is -1.70. The second-order valence-corrected chi connectivity index (χ2v) is 5.95. The molecule has 0 bridgehead atoms. The molecular weight excluding hydrogens is 410 g/mol. The fourth-order valence-corrected chi connectivity index (χ4v) is 2.71. The predicted octanol–water partition coefficient (Wildman–Crippen LogP) is 2.18. The van der Waals surface area contributed by atoms with Crippen LogP contribution in [0.3, 0.4) is 0 Å². The van der Waals surface area contributed by atoms with Gasteiger partial charge in [0.1, 0.15) is 16.9 Å². The van der Waals surface area contributed by atoms with Crippen LogP contribution in [0.1, 0.15) is 34.7 Å². The van der Waals surface area contributed by atoms with Crippen molar-refractivity contribution in [1.29, 1.82) is 0 Å². The number of esters is 3. The Labute approximate surface area is 178 Å². The number of anilines is 1. The van der Waals surface area contributed by atoms with Crippen LogP contribution in [-0.4, -0.2) is 63.6 Å². The SMILES string of the molecule is CCOC(=O)/C(C)=N\Nc1cc(OC)c(OC)c2nc(C(=O)OC)cc(C(=O)OC)c12. The molecule has 11 nitrogen and oxygen atoms in total. The van der Waals surface area contributed by atoms with Crippen LogP contribution in [0.15, 0.2) is 17.2 Å². The standard InChI is InChI=1S/C20H23N3O8/c1-7-31-18(24)10(2)22-23-12-9-14(27-3)17(28-4)16-15(12)11(19(25)29-5)8-13(21-16)20(26)30-6/h8-9,23H,7H2,1-6H3/b22-10-. The van der Waals surface area contributed by atoms with Crippen molar-refractivity contribution in [3.05, 3.63) is 23.4 Å². The molecule has 11 heteroatoms. The lowest BCUT2D eigenvalue weighted by Crippen LogP contribution is -2.16. The number of hydrazone groups is 1. The summed E-state index contributed by atoms with van der Waals surface area (Å²) in [6, 6.07) is 2.74. The number of carbonyl (C=O) groups is 3. The summed E-state index contributed by atoms with van der Waals surface area (Å²) in [5, 5.41) is 4.25. The molecule has 0 fully saturated rings. The maximum absolute atomic E-state index is 12.5. The molecule has 166 valence electrons. The Hall–Kier alpha value is -3.89. The minimum atomic E-state index is -0.761. The van der Waals surface area contributed by atoms with Crippen molar-refractivity contribution in [2.24, 2.45) is 5.10 Å². The highest BCUT2D eigenvalue weighted by atomic mass is 16.5. The first-order valence-electron chi connectivity index (χ1n) is 9.06. The summed E-state index contributed by atoms with van der Waals surface area (Å²) in [5.41, 5.74) is 3.00. The molecule has 1 heterocycles.